The minimum absolute atomic E-state index is 0.561. The first-order chi connectivity index (χ1) is 31.8. The van der Waals surface area contributed by atoms with E-state index < -0.39 is 5.41 Å². The second-order valence-electron chi connectivity index (χ2n) is 16.8. The van der Waals surface area contributed by atoms with Gasteiger partial charge in [0, 0.05) is 50.3 Å². The highest BCUT2D eigenvalue weighted by atomic mass is 15.2. The predicted molar refractivity (Wildman–Crippen MR) is 266 cm³/mol. The Balaban J connectivity index is 1.09. The van der Waals surface area contributed by atoms with Crippen LogP contribution in [0.25, 0.3) is 49.7 Å². The van der Waals surface area contributed by atoms with Gasteiger partial charge in [-0.1, -0.05) is 170 Å². The molecule has 13 rings (SSSR count). The molecule has 1 spiro atoms. The third-order valence-corrected chi connectivity index (χ3v) is 13.5. The van der Waals surface area contributed by atoms with Crippen molar-refractivity contribution < 1.29 is 0 Å². The number of hydrogen-bond donors (Lipinski definition) is 0. The normalized spacial score (nSPS) is 14.3. The van der Waals surface area contributed by atoms with E-state index in [1.54, 1.807) is 0 Å². The molecule has 0 bridgehead atoms. The fraction of sp³-hybridized carbons (Fsp3) is 0.0164. The monoisotopic (exact) mass is 815 g/mol. The Hall–Kier alpha value is -8.40. The molecule has 0 radical (unpaired) electrons. The first-order valence-electron chi connectivity index (χ1n) is 22.1. The Bertz CT molecular complexity index is 3520. The van der Waals surface area contributed by atoms with Gasteiger partial charge in [0.1, 0.15) is 0 Å². The van der Waals surface area contributed by atoms with Crippen LogP contribution in [0.5, 0.6) is 0 Å². The summed E-state index contributed by atoms with van der Waals surface area (Å²) in [6.07, 6.45) is 0. The average Bonchev–Trinajstić information content (AvgIpc) is 3.98. The highest BCUT2D eigenvalue weighted by molar-refractivity contribution is 6.11. The average molecular weight is 816 g/mol. The maximum atomic E-state index is 2.48. The summed E-state index contributed by atoms with van der Waals surface area (Å²) in [5.74, 6) is 0. The van der Waals surface area contributed by atoms with E-state index in [1.165, 1.54) is 66.3 Å². The minimum Gasteiger partial charge on any atom is -0.310 e. The standard InChI is InChI=1S/C61H41N3/c1-5-21-42(22-6-1)62(43-23-7-2-8-24-43)56-37-19-34-53-59(56)49-30-13-16-32-51(49)61(53)52-33-17-14-31-50(52)60-54(61)35-20-38-57(60)63(44-25-9-3-10-26-44)46-39-40-48-47-29-15-18-36-55(47)64(58(48)41-46)45-27-11-4-12-28-45/h1-41H. The van der Waals surface area contributed by atoms with Crippen molar-refractivity contribution in [2.75, 3.05) is 9.80 Å². The fourth-order valence-electron chi connectivity index (χ4n) is 11.1. The summed E-state index contributed by atoms with van der Waals surface area (Å²) in [5, 5.41) is 2.47. The Labute approximate surface area is 373 Å². The summed E-state index contributed by atoms with van der Waals surface area (Å²) >= 11 is 0. The van der Waals surface area contributed by atoms with Gasteiger partial charge in [-0.3, -0.25) is 0 Å². The van der Waals surface area contributed by atoms with Gasteiger partial charge in [-0.25, -0.2) is 0 Å². The van der Waals surface area contributed by atoms with Gasteiger partial charge in [-0.2, -0.15) is 0 Å². The molecular weight excluding hydrogens is 775 g/mol. The van der Waals surface area contributed by atoms with Crippen molar-refractivity contribution in [2.45, 2.75) is 5.41 Å². The van der Waals surface area contributed by atoms with Crippen molar-refractivity contribution >= 4 is 55.9 Å². The lowest BCUT2D eigenvalue weighted by atomic mass is 9.70. The van der Waals surface area contributed by atoms with E-state index >= 15 is 0 Å². The lowest BCUT2D eigenvalue weighted by Crippen LogP contribution is -2.26. The quantitative estimate of drug-likeness (QED) is 0.159. The molecule has 11 aromatic rings. The molecule has 0 saturated carbocycles. The highest BCUT2D eigenvalue weighted by Gasteiger charge is 2.53. The van der Waals surface area contributed by atoms with Crippen LogP contribution in [0.2, 0.25) is 0 Å². The topological polar surface area (TPSA) is 11.4 Å². The maximum absolute atomic E-state index is 2.48. The lowest BCUT2D eigenvalue weighted by Gasteiger charge is -2.32. The summed E-state index contributed by atoms with van der Waals surface area (Å²) in [5.41, 5.74) is 19.9. The molecule has 0 amide bonds. The molecule has 300 valence electrons. The third kappa shape index (κ3) is 5.16. The zero-order valence-electron chi connectivity index (χ0n) is 35.0. The van der Waals surface area contributed by atoms with Crippen molar-refractivity contribution in [3.8, 4) is 27.9 Å². The van der Waals surface area contributed by atoms with E-state index in [1.807, 2.05) is 0 Å². The number of rotatable bonds is 7. The molecule has 1 aromatic heterocycles. The van der Waals surface area contributed by atoms with Crippen LogP contribution in [-0.2, 0) is 5.41 Å². The molecule has 1 atom stereocenters. The second kappa shape index (κ2) is 14.3. The van der Waals surface area contributed by atoms with Crippen LogP contribution in [0.15, 0.2) is 249 Å². The minimum atomic E-state index is -0.561. The predicted octanol–water partition coefficient (Wildman–Crippen LogP) is 16.1. The molecule has 1 heterocycles. The summed E-state index contributed by atoms with van der Waals surface area (Å²) in [6, 6.07) is 91.2. The zero-order chi connectivity index (χ0) is 42.2. The molecule has 0 N–H and O–H groups in total. The number of anilines is 6. The van der Waals surface area contributed by atoms with Gasteiger partial charge in [-0.05, 0) is 112 Å². The lowest BCUT2D eigenvalue weighted by molar-refractivity contribution is 0.793. The van der Waals surface area contributed by atoms with Gasteiger partial charge in [0.15, 0.2) is 0 Å². The fourth-order valence-corrected chi connectivity index (χ4v) is 11.1. The highest BCUT2D eigenvalue weighted by Crippen LogP contribution is 2.66. The first kappa shape index (κ1) is 36.3. The smallest absolute Gasteiger partial charge is 0.0727 e. The van der Waals surface area contributed by atoms with Gasteiger partial charge in [0.25, 0.3) is 0 Å². The molecule has 2 aliphatic carbocycles. The van der Waals surface area contributed by atoms with Crippen molar-refractivity contribution in [2.24, 2.45) is 0 Å². The molecule has 0 aliphatic heterocycles. The number of nitrogens with zero attached hydrogens (tertiary/aromatic N) is 3. The van der Waals surface area contributed by atoms with Crippen LogP contribution in [0, 0.1) is 0 Å². The Morgan fingerprint density at radius 1 is 0.297 bits per heavy atom. The molecule has 1 unspecified atom stereocenters. The second-order valence-corrected chi connectivity index (χ2v) is 16.8. The van der Waals surface area contributed by atoms with Crippen LogP contribution in [-0.4, -0.2) is 4.57 Å². The number of aromatic nitrogens is 1. The zero-order valence-corrected chi connectivity index (χ0v) is 35.0. The van der Waals surface area contributed by atoms with Crippen molar-refractivity contribution in [1.82, 2.24) is 4.57 Å². The van der Waals surface area contributed by atoms with Crippen LogP contribution in [0.4, 0.5) is 34.1 Å². The van der Waals surface area contributed by atoms with Gasteiger partial charge in [0.05, 0.1) is 27.8 Å². The van der Waals surface area contributed by atoms with E-state index in [-0.39, 0.29) is 0 Å². The molecule has 3 heteroatoms. The van der Waals surface area contributed by atoms with Gasteiger partial charge >= 0.3 is 0 Å². The molecule has 10 aromatic carbocycles. The summed E-state index contributed by atoms with van der Waals surface area (Å²) in [7, 11) is 0. The van der Waals surface area contributed by atoms with Crippen LogP contribution in [0.3, 0.4) is 0 Å². The molecule has 3 nitrogen and oxygen atoms in total. The molecule has 2 aliphatic rings. The van der Waals surface area contributed by atoms with Crippen molar-refractivity contribution in [3.63, 3.8) is 0 Å². The van der Waals surface area contributed by atoms with E-state index in [9.17, 15) is 0 Å². The molecule has 0 saturated heterocycles. The summed E-state index contributed by atoms with van der Waals surface area (Å²) in [6.45, 7) is 0. The van der Waals surface area contributed by atoms with Crippen LogP contribution in [0.1, 0.15) is 22.3 Å². The van der Waals surface area contributed by atoms with Gasteiger partial charge in [-0.15, -0.1) is 0 Å². The maximum Gasteiger partial charge on any atom is 0.0727 e. The van der Waals surface area contributed by atoms with E-state index in [0.29, 0.717) is 0 Å². The van der Waals surface area contributed by atoms with Gasteiger partial charge < -0.3 is 14.4 Å². The third-order valence-electron chi connectivity index (χ3n) is 13.5. The van der Waals surface area contributed by atoms with E-state index in [0.717, 1.165) is 39.8 Å². The summed E-state index contributed by atoms with van der Waals surface area (Å²) in [4.78, 5) is 4.90. The van der Waals surface area contributed by atoms with Crippen LogP contribution >= 0.6 is 0 Å². The van der Waals surface area contributed by atoms with Gasteiger partial charge in [0.2, 0.25) is 0 Å². The molecule has 0 fully saturated rings. The number of fused-ring (bicyclic) bond motifs is 13. The molecular formula is C61H41N3. The summed E-state index contributed by atoms with van der Waals surface area (Å²) < 4.78 is 2.41. The molecule has 64 heavy (non-hydrogen) atoms. The van der Waals surface area contributed by atoms with E-state index in [4.69, 9.17) is 0 Å². The largest absolute Gasteiger partial charge is 0.310 e. The first-order valence-corrected chi connectivity index (χ1v) is 22.1. The number of para-hydroxylation sites is 5. The Morgan fingerprint density at radius 3 is 1.27 bits per heavy atom. The Kier molecular flexibility index (Phi) is 8.13. The SMILES string of the molecule is c1ccc(N(c2ccccc2)c2cccc3c2-c2ccccc2C32c3ccccc3-c3c(N(c4ccccc4)c4ccc5c6ccccc6n(-c6ccccc6)c5c4)cccc32)cc1. The van der Waals surface area contributed by atoms with Crippen LogP contribution < -0.4 is 9.80 Å². The van der Waals surface area contributed by atoms with Crippen molar-refractivity contribution in [3.05, 3.63) is 271 Å². The van der Waals surface area contributed by atoms with Crippen molar-refractivity contribution in [1.29, 1.82) is 0 Å². The van der Waals surface area contributed by atoms with E-state index in [2.05, 4.69) is 263 Å². The number of benzene rings is 10. The Morgan fingerprint density at radius 2 is 0.719 bits per heavy atom. The number of hydrogen-bond acceptors (Lipinski definition) is 2.